The Morgan fingerprint density at radius 3 is 2.75 bits per heavy atom. The van der Waals surface area contributed by atoms with E-state index in [0.29, 0.717) is 10.6 Å². The van der Waals surface area contributed by atoms with Crippen LogP contribution in [0.1, 0.15) is 15.9 Å². The molecule has 0 bridgehead atoms. The molecule has 1 aliphatic heterocycles. The molecule has 20 heavy (non-hydrogen) atoms. The lowest BCUT2D eigenvalue weighted by Crippen LogP contribution is -2.46. The molecule has 1 saturated heterocycles. The van der Waals surface area contributed by atoms with Gasteiger partial charge in [-0.3, -0.25) is 9.69 Å². The van der Waals surface area contributed by atoms with Gasteiger partial charge in [-0.05, 0) is 24.6 Å². The van der Waals surface area contributed by atoms with E-state index >= 15 is 0 Å². The summed E-state index contributed by atoms with van der Waals surface area (Å²) in [7, 11) is 1.83. The van der Waals surface area contributed by atoms with Gasteiger partial charge in [0.25, 0.3) is 5.91 Å². The summed E-state index contributed by atoms with van der Waals surface area (Å²) in [5.41, 5.74) is 1.65. The van der Waals surface area contributed by atoms with Crippen LogP contribution < -0.4 is 5.32 Å². The fraction of sp³-hybridized carbons (Fsp3) is 0.533. The maximum Gasteiger partial charge on any atom is 0.255 e. The van der Waals surface area contributed by atoms with Crippen molar-refractivity contribution in [2.24, 2.45) is 0 Å². The van der Waals surface area contributed by atoms with Crippen LogP contribution in [0, 0.1) is 6.92 Å². The number of nitrogens with zero attached hydrogens (tertiary/aromatic N) is 2. The van der Waals surface area contributed by atoms with E-state index in [4.69, 9.17) is 11.6 Å². The molecule has 1 aromatic carbocycles. The lowest BCUT2D eigenvalue weighted by atomic mass is 10.1. The highest BCUT2D eigenvalue weighted by molar-refractivity contribution is 6.33. The van der Waals surface area contributed by atoms with Crippen LogP contribution in [0.25, 0.3) is 0 Å². The Hall–Kier alpha value is -1.10. The second-order valence-electron chi connectivity index (χ2n) is 5.30. The SMILES string of the molecule is Cc1ccc(C(=O)N(C)CCN2CCNCC2)c(Cl)c1. The molecule has 0 atom stereocenters. The van der Waals surface area contributed by atoms with Crippen molar-refractivity contribution >= 4 is 17.5 Å². The Bertz CT molecular complexity index is 472. The molecule has 0 saturated carbocycles. The first-order valence-electron chi connectivity index (χ1n) is 7.02. The van der Waals surface area contributed by atoms with Gasteiger partial charge in [-0.1, -0.05) is 17.7 Å². The van der Waals surface area contributed by atoms with Crippen LogP contribution in [0.15, 0.2) is 18.2 Å². The minimum absolute atomic E-state index is 0.00913. The van der Waals surface area contributed by atoms with Gasteiger partial charge in [0.1, 0.15) is 0 Å². The molecule has 0 unspecified atom stereocenters. The van der Waals surface area contributed by atoms with E-state index in [1.54, 1.807) is 11.0 Å². The number of benzene rings is 1. The van der Waals surface area contributed by atoms with Crippen molar-refractivity contribution in [1.29, 1.82) is 0 Å². The normalized spacial score (nSPS) is 16.1. The topological polar surface area (TPSA) is 35.6 Å². The van der Waals surface area contributed by atoms with Gasteiger partial charge in [0.05, 0.1) is 10.6 Å². The summed E-state index contributed by atoms with van der Waals surface area (Å²) in [6.45, 7) is 7.76. The number of halogens is 1. The van der Waals surface area contributed by atoms with E-state index in [1.807, 2.05) is 26.1 Å². The van der Waals surface area contributed by atoms with Crippen LogP contribution in [0.5, 0.6) is 0 Å². The molecule has 1 fully saturated rings. The van der Waals surface area contributed by atoms with Crippen LogP contribution in [-0.4, -0.2) is 62.0 Å². The summed E-state index contributed by atoms with van der Waals surface area (Å²) in [6.07, 6.45) is 0. The second kappa shape index (κ2) is 7.07. The fourth-order valence-corrected chi connectivity index (χ4v) is 2.64. The number of hydrogen-bond acceptors (Lipinski definition) is 3. The summed E-state index contributed by atoms with van der Waals surface area (Å²) < 4.78 is 0. The standard InChI is InChI=1S/C15H22ClN3O/c1-12-3-4-13(14(16)11-12)15(20)18(2)9-10-19-7-5-17-6-8-19/h3-4,11,17H,5-10H2,1-2H3. The van der Waals surface area contributed by atoms with Gasteiger partial charge in [-0.15, -0.1) is 0 Å². The molecular formula is C15H22ClN3O. The first-order valence-corrected chi connectivity index (χ1v) is 7.40. The third kappa shape index (κ3) is 3.95. The molecule has 4 nitrogen and oxygen atoms in total. The zero-order valence-corrected chi connectivity index (χ0v) is 12.9. The molecule has 1 N–H and O–H groups in total. The molecule has 1 aromatic rings. The number of hydrogen-bond donors (Lipinski definition) is 1. The number of piperazine rings is 1. The number of aryl methyl sites for hydroxylation is 1. The average Bonchev–Trinajstić information content (AvgIpc) is 2.45. The molecule has 0 spiro atoms. The first kappa shape index (κ1) is 15.3. The third-order valence-electron chi connectivity index (χ3n) is 3.66. The summed E-state index contributed by atoms with van der Waals surface area (Å²) in [5, 5.41) is 3.86. The van der Waals surface area contributed by atoms with Crippen LogP contribution >= 0.6 is 11.6 Å². The molecule has 1 amide bonds. The molecule has 0 aromatic heterocycles. The van der Waals surface area contributed by atoms with Gasteiger partial charge in [0.15, 0.2) is 0 Å². The highest BCUT2D eigenvalue weighted by Gasteiger charge is 2.16. The van der Waals surface area contributed by atoms with Crippen molar-refractivity contribution in [3.63, 3.8) is 0 Å². The van der Waals surface area contributed by atoms with Gasteiger partial charge in [0.2, 0.25) is 0 Å². The van der Waals surface area contributed by atoms with Crippen LogP contribution in [-0.2, 0) is 0 Å². The van der Waals surface area contributed by atoms with E-state index in [1.165, 1.54) is 0 Å². The molecule has 0 aliphatic carbocycles. The predicted octanol–water partition coefficient (Wildman–Crippen LogP) is 1.63. The summed E-state index contributed by atoms with van der Waals surface area (Å²) >= 11 is 6.15. The minimum Gasteiger partial charge on any atom is -0.340 e. The number of likely N-dealkylation sites (N-methyl/N-ethyl adjacent to an activating group) is 1. The number of carbonyl (C=O) groups is 1. The fourth-order valence-electron chi connectivity index (χ4n) is 2.33. The van der Waals surface area contributed by atoms with Crippen molar-refractivity contribution in [2.75, 3.05) is 46.3 Å². The zero-order chi connectivity index (χ0) is 14.5. The van der Waals surface area contributed by atoms with Crippen molar-refractivity contribution in [1.82, 2.24) is 15.1 Å². The maximum absolute atomic E-state index is 12.4. The second-order valence-corrected chi connectivity index (χ2v) is 5.71. The van der Waals surface area contributed by atoms with Crippen LogP contribution in [0.3, 0.4) is 0 Å². The molecule has 1 aliphatic rings. The van der Waals surface area contributed by atoms with Crippen molar-refractivity contribution in [2.45, 2.75) is 6.92 Å². The quantitative estimate of drug-likeness (QED) is 0.917. The molecule has 1 heterocycles. The summed E-state index contributed by atoms with van der Waals surface area (Å²) in [6, 6.07) is 5.56. The number of nitrogens with one attached hydrogen (secondary N) is 1. The van der Waals surface area contributed by atoms with Gasteiger partial charge < -0.3 is 10.2 Å². The Labute approximate surface area is 125 Å². The van der Waals surface area contributed by atoms with Gasteiger partial charge in [0, 0.05) is 46.3 Å². The smallest absolute Gasteiger partial charge is 0.255 e. The number of carbonyl (C=O) groups excluding carboxylic acids is 1. The summed E-state index contributed by atoms with van der Waals surface area (Å²) in [4.78, 5) is 16.5. The van der Waals surface area contributed by atoms with Gasteiger partial charge in [-0.2, -0.15) is 0 Å². The largest absolute Gasteiger partial charge is 0.340 e. The molecule has 0 radical (unpaired) electrons. The minimum atomic E-state index is -0.00913. The molecule has 2 rings (SSSR count). The lowest BCUT2D eigenvalue weighted by molar-refractivity contribution is 0.0775. The Morgan fingerprint density at radius 1 is 1.40 bits per heavy atom. The van der Waals surface area contributed by atoms with Crippen LogP contribution in [0.2, 0.25) is 5.02 Å². The number of rotatable bonds is 4. The van der Waals surface area contributed by atoms with E-state index in [-0.39, 0.29) is 5.91 Å². The van der Waals surface area contributed by atoms with Gasteiger partial charge in [-0.25, -0.2) is 0 Å². The van der Waals surface area contributed by atoms with Crippen molar-refractivity contribution in [3.05, 3.63) is 34.3 Å². The molecule has 5 heteroatoms. The lowest BCUT2D eigenvalue weighted by Gasteiger charge is -2.29. The highest BCUT2D eigenvalue weighted by atomic mass is 35.5. The first-order chi connectivity index (χ1) is 9.58. The maximum atomic E-state index is 12.4. The Morgan fingerprint density at radius 2 is 2.10 bits per heavy atom. The van der Waals surface area contributed by atoms with E-state index in [2.05, 4.69) is 10.2 Å². The molecular weight excluding hydrogens is 274 g/mol. The van der Waals surface area contributed by atoms with Crippen molar-refractivity contribution in [3.8, 4) is 0 Å². The Balaban J connectivity index is 1.90. The van der Waals surface area contributed by atoms with E-state index in [9.17, 15) is 4.79 Å². The van der Waals surface area contributed by atoms with Gasteiger partial charge >= 0.3 is 0 Å². The zero-order valence-electron chi connectivity index (χ0n) is 12.2. The summed E-state index contributed by atoms with van der Waals surface area (Å²) in [5.74, 6) is -0.00913. The molecule has 110 valence electrons. The van der Waals surface area contributed by atoms with Crippen LogP contribution in [0.4, 0.5) is 0 Å². The predicted molar refractivity (Wildman–Crippen MR) is 82.5 cm³/mol. The third-order valence-corrected chi connectivity index (χ3v) is 3.98. The van der Waals surface area contributed by atoms with E-state index < -0.39 is 0 Å². The Kier molecular flexibility index (Phi) is 5.40. The van der Waals surface area contributed by atoms with E-state index in [0.717, 1.165) is 44.8 Å². The highest BCUT2D eigenvalue weighted by Crippen LogP contribution is 2.18. The number of amides is 1. The van der Waals surface area contributed by atoms with Crippen molar-refractivity contribution < 1.29 is 4.79 Å². The average molecular weight is 296 g/mol. The monoisotopic (exact) mass is 295 g/mol.